The Morgan fingerprint density at radius 2 is 0.800 bits per heavy atom. The summed E-state index contributed by atoms with van der Waals surface area (Å²) in [6, 6.07) is 69.5. The van der Waals surface area contributed by atoms with Crippen molar-refractivity contribution < 1.29 is 0 Å². The molecular weight excluding hydrogens is 663 g/mol. The molecule has 0 saturated carbocycles. The van der Waals surface area contributed by atoms with Gasteiger partial charge in [-0.05, 0) is 120 Å². The predicted molar refractivity (Wildman–Crippen MR) is 233 cm³/mol. The molecule has 0 aromatic heterocycles. The molecule has 0 aliphatic heterocycles. The normalized spacial score (nSPS) is 14.1. The third-order valence-electron chi connectivity index (χ3n) is 12.3. The van der Waals surface area contributed by atoms with E-state index in [0.717, 1.165) is 17.1 Å². The van der Waals surface area contributed by atoms with Crippen molar-refractivity contribution in [3.8, 4) is 55.6 Å². The largest absolute Gasteiger partial charge is 0.310 e. The summed E-state index contributed by atoms with van der Waals surface area (Å²) < 4.78 is 0. The van der Waals surface area contributed by atoms with E-state index in [4.69, 9.17) is 0 Å². The Labute approximate surface area is 325 Å². The highest BCUT2D eigenvalue weighted by Crippen LogP contribution is 2.54. The van der Waals surface area contributed by atoms with Gasteiger partial charge in [-0.1, -0.05) is 173 Å². The van der Waals surface area contributed by atoms with E-state index in [1.807, 2.05) is 0 Å². The highest BCUT2D eigenvalue weighted by molar-refractivity contribution is 5.94. The summed E-state index contributed by atoms with van der Waals surface area (Å²) in [7, 11) is 0. The van der Waals surface area contributed by atoms with E-state index in [9.17, 15) is 0 Å². The summed E-state index contributed by atoms with van der Waals surface area (Å²) in [6.45, 7) is 9.45. The lowest BCUT2D eigenvalue weighted by molar-refractivity contribution is 0.660. The molecule has 0 unspecified atom stereocenters. The van der Waals surface area contributed by atoms with E-state index in [1.54, 1.807) is 0 Å². The minimum absolute atomic E-state index is 0.0838. The second-order valence-electron chi connectivity index (χ2n) is 16.2. The van der Waals surface area contributed by atoms with E-state index >= 15 is 0 Å². The van der Waals surface area contributed by atoms with Crippen LogP contribution < -0.4 is 4.90 Å². The van der Waals surface area contributed by atoms with E-state index in [2.05, 4.69) is 221 Å². The SMILES string of the molecule is CC1(C)c2ccccc2-c2ccc(N(c3ccc(-c4ccccc4)cc3)c3cccc(-c4ccc5c(c4)-c4c(-c6ccccc6)cccc4C5(C)C)c3)cc21. The summed E-state index contributed by atoms with van der Waals surface area (Å²) >= 11 is 0. The fraction of sp³-hybridized carbons (Fsp3) is 0.111. The molecule has 0 amide bonds. The van der Waals surface area contributed by atoms with Crippen LogP contribution in [0.4, 0.5) is 17.1 Å². The van der Waals surface area contributed by atoms with Gasteiger partial charge in [-0.15, -0.1) is 0 Å². The quantitative estimate of drug-likeness (QED) is 0.166. The monoisotopic (exact) mass is 705 g/mol. The van der Waals surface area contributed by atoms with Gasteiger partial charge in [0.1, 0.15) is 0 Å². The van der Waals surface area contributed by atoms with Crippen molar-refractivity contribution in [3.05, 3.63) is 210 Å². The van der Waals surface area contributed by atoms with Gasteiger partial charge in [-0.25, -0.2) is 0 Å². The van der Waals surface area contributed by atoms with E-state index < -0.39 is 0 Å². The molecule has 0 fully saturated rings. The lowest BCUT2D eigenvalue weighted by Crippen LogP contribution is -2.16. The third-order valence-corrected chi connectivity index (χ3v) is 12.3. The first-order chi connectivity index (χ1) is 26.8. The number of nitrogens with zero attached hydrogens (tertiary/aromatic N) is 1. The Morgan fingerprint density at radius 1 is 0.291 bits per heavy atom. The van der Waals surface area contributed by atoms with Gasteiger partial charge >= 0.3 is 0 Å². The average molecular weight is 706 g/mol. The summed E-state index contributed by atoms with van der Waals surface area (Å²) in [5, 5.41) is 0. The fourth-order valence-electron chi connectivity index (χ4n) is 9.38. The summed E-state index contributed by atoms with van der Waals surface area (Å²) in [5.74, 6) is 0. The minimum atomic E-state index is -0.0975. The van der Waals surface area contributed by atoms with Crippen LogP contribution in [0.2, 0.25) is 0 Å². The predicted octanol–water partition coefficient (Wildman–Crippen LogP) is 14.8. The second-order valence-corrected chi connectivity index (χ2v) is 16.2. The smallest absolute Gasteiger partial charge is 0.0467 e. The molecule has 0 saturated heterocycles. The first kappa shape index (κ1) is 33.2. The molecule has 2 aliphatic carbocycles. The topological polar surface area (TPSA) is 3.24 Å². The van der Waals surface area contributed by atoms with Crippen LogP contribution in [0, 0.1) is 0 Å². The number of rotatable bonds is 6. The Hall–Kier alpha value is -6.44. The molecule has 55 heavy (non-hydrogen) atoms. The van der Waals surface area contributed by atoms with Gasteiger partial charge in [0.05, 0.1) is 0 Å². The zero-order valence-electron chi connectivity index (χ0n) is 31.8. The standard InChI is InChI=1S/C54H43N/c1-53(2)49-32-27-40(34-47(49)52-44(22-14-24-50(52)53)38-17-9-6-10-18-38)39-19-13-20-42(33-39)55(41-28-25-37(26-29-41)36-15-7-5-8-16-36)43-30-31-46-45-21-11-12-23-48(45)54(3,4)51(46)35-43/h5-35H,1-4H3. The number of anilines is 3. The molecule has 2 aliphatic rings. The van der Waals surface area contributed by atoms with Gasteiger partial charge in [0, 0.05) is 27.9 Å². The molecule has 0 atom stereocenters. The second kappa shape index (κ2) is 12.6. The Kier molecular flexibility index (Phi) is 7.58. The van der Waals surface area contributed by atoms with Crippen molar-refractivity contribution in [2.24, 2.45) is 0 Å². The van der Waals surface area contributed by atoms with E-state index in [1.165, 1.54) is 77.9 Å². The molecule has 0 spiro atoms. The first-order valence-electron chi connectivity index (χ1n) is 19.4. The third kappa shape index (κ3) is 5.29. The Balaban J connectivity index is 1.11. The van der Waals surface area contributed by atoms with Crippen molar-refractivity contribution >= 4 is 17.1 Å². The van der Waals surface area contributed by atoms with Crippen LogP contribution in [0.15, 0.2) is 188 Å². The van der Waals surface area contributed by atoms with Crippen molar-refractivity contribution in [2.45, 2.75) is 38.5 Å². The van der Waals surface area contributed by atoms with E-state index in [-0.39, 0.29) is 10.8 Å². The summed E-state index contributed by atoms with van der Waals surface area (Å²) in [5.41, 5.74) is 21.5. The molecule has 0 N–H and O–H groups in total. The van der Waals surface area contributed by atoms with Crippen molar-refractivity contribution in [3.63, 3.8) is 0 Å². The molecule has 10 rings (SSSR count). The molecule has 264 valence electrons. The van der Waals surface area contributed by atoms with Crippen LogP contribution in [-0.2, 0) is 10.8 Å². The molecule has 0 radical (unpaired) electrons. The maximum Gasteiger partial charge on any atom is 0.0467 e. The van der Waals surface area contributed by atoms with Gasteiger partial charge in [-0.2, -0.15) is 0 Å². The van der Waals surface area contributed by atoms with Gasteiger partial charge < -0.3 is 4.90 Å². The lowest BCUT2D eigenvalue weighted by Gasteiger charge is -2.28. The maximum absolute atomic E-state index is 2.43. The van der Waals surface area contributed by atoms with E-state index in [0.29, 0.717) is 0 Å². The van der Waals surface area contributed by atoms with Gasteiger partial charge in [0.25, 0.3) is 0 Å². The molecule has 8 aromatic carbocycles. The zero-order chi connectivity index (χ0) is 37.3. The van der Waals surface area contributed by atoms with Crippen LogP contribution in [-0.4, -0.2) is 0 Å². The first-order valence-corrected chi connectivity index (χ1v) is 19.4. The number of fused-ring (bicyclic) bond motifs is 6. The minimum Gasteiger partial charge on any atom is -0.310 e. The Bertz CT molecular complexity index is 2740. The lowest BCUT2D eigenvalue weighted by atomic mass is 9.81. The van der Waals surface area contributed by atoms with Crippen molar-refractivity contribution in [2.75, 3.05) is 4.90 Å². The highest BCUT2D eigenvalue weighted by Gasteiger charge is 2.38. The summed E-state index contributed by atoms with van der Waals surface area (Å²) in [6.07, 6.45) is 0. The molecule has 1 nitrogen and oxygen atoms in total. The van der Waals surface area contributed by atoms with Crippen LogP contribution in [0.1, 0.15) is 49.9 Å². The molecular formula is C54H43N. The molecule has 1 heteroatoms. The van der Waals surface area contributed by atoms with Crippen LogP contribution in [0.5, 0.6) is 0 Å². The number of benzene rings is 8. The molecule has 8 aromatic rings. The van der Waals surface area contributed by atoms with Crippen LogP contribution in [0.3, 0.4) is 0 Å². The average Bonchev–Trinajstić information content (AvgIpc) is 3.61. The van der Waals surface area contributed by atoms with Gasteiger partial charge in [-0.3, -0.25) is 0 Å². The van der Waals surface area contributed by atoms with Crippen molar-refractivity contribution in [1.29, 1.82) is 0 Å². The Morgan fingerprint density at radius 3 is 1.58 bits per heavy atom. The zero-order valence-corrected chi connectivity index (χ0v) is 31.8. The van der Waals surface area contributed by atoms with Crippen molar-refractivity contribution in [1.82, 2.24) is 0 Å². The fourth-order valence-corrected chi connectivity index (χ4v) is 9.38. The highest BCUT2D eigenvalue weighted by atomic mass is 15.1. The van der Waals surface area contributed by atoms with Crippen LogP contribution >= 0.6 is 0 Å². The molecule has 0 heterocycles. The van der Waals surface area contributed by atoms with Gasteiger partial charge in [0.2, 0.25) is 0 Å². The van der Waals surface area contributed by atoms with Gasteiger partial charge in [0.15, 0.2) is 0 Å². The molecule has 0 bridgehead atoms. The maximum atomic E-state index is 2.43. The van der Waals surface area contributed by atoms with Crippen LogP contribution in [0.25, 0.3) is 55.6 Å². The number of hydrogen-bond acceptors (Lipinski definition) is 1. The summed E-state index contributed by atoms with van der Waals surface area (Å²) in [4.78, 5) is 2.43. The number of hydrogen-bond donors (Lipinski definition) is 0.